The first-order valence-electron chi connectivity index (χ1n) is 6.52. The molecule has 1 aromatic carbocycles. The molecule has 2 rings (SSSR count). The number of nitrogens with two attached hydrogens (primary N) is 1. The average Bonchev–Trinajstić information content (AvgIpc) is 3.21. The van der Waals surface area contributed by atoms with E-state index in [1.165, 1.54) is 12.8 Å². The number of oxime groups is 1. The number of amidine groups is 1. The second-order valence-corrected chi connectivity index (χ2v) is 4.91. The van der Waals surface area contributed by atoms with Gasteiger partial charge in [0.05, 0.1) is 0 Å². The molecule has 98 valence electrons. The Morgan fingerprint density at radius 1 is 1.44 bits per heavy atom. The summed E-state index contributed by atoms with van der Waals surface area (Å²) in [5, 5.41) is 11.9. The average molecular weight is 247 g/mol. The fraction of sp³-hybridized carbons (Fsp3) is 0.500. The van der Waals surface area contributed by atoms with Gasteiger partial charge in [0, 0.05) is 18.7 Å². The summed E-state index contributed by atoms with van der Waals surface area (Å²) in [5.41, 5.74) is 7.66. The Balaban J connectivity index is 2.11. The van der Waals surface area contributed by atoms with Gasteiger partial charge in [0.1, 0.15) is 0 Å². The standard InChI is InChI=1S/C14H21N3O/c1-2-17(9-11-7-8-11)10-12-5-3-4-6-13(12)14(15)16-18/h3-6,11,18H,2,7-10H2,1H3,(H2,15,16). The summed E-state index contributed by atoms with van der Waals surface area (Å²) in [6.45, 7) is 5.22. The van der Waals surface area contributed by atoms with Crippen molar-refractivity contribution in [2.24, 2.45) is 16.8 Å². The number of benzene rings is 1. The summed E-state index contributed by atoms with van der Waals surface area (Å²) in [7, 11) is 0. The molecule has 0 aliphatic heterocycles. The lowest BCUT2D eigenvalue weighted by molar-refractivity contribution is 0.268. The molecule has 0 saturated heterocycles. The lowest BCUT2D eigenvalue weighted by atomic mass is 10.1. The monoisotopic (exact) mass is 247 g/mol. The van der Waals surface area contributed by atoms with Gasteiger partial charge >= 0.3 is 0 Å². The molecule has 0 amide bonds. The van der Waals surface area contributed by atoms with Crippen molar-refractivity contribution in [2.75, 3.05) is 13.1 Å². The van der Waals surface area contributed by atoms with Crippen LogP contribution >= 0.6 is 0 Å². The molecular formula is C14H21N3O. The van der Waals surface area contributed by atoms with Gasteiger partial charge in [-0.3, -0.25) is 4.90 Å². The zero-order valence-electron chi connectivity index (χ0n) is 10.8. The quantitative estimate of drug-likeness (QED) is 0.350. The van der Waals surface area contributed by atoms with Gasteiger partial charge in [0.15, 0.2) is 5.84 Å². The summed E-state index contributed by atoms with van der Waals surface area (Å²) in [5.74, 6) is 1.06. The van der Waals surface area contributed by atoms with Crippen LogP contribution in [0.5, 0.6) is 0 Å². The Hall–Kier alpha value is -1.55. The molecule has 0 atom stereocenters. The van der Waals surface area contributed by atoms with Gasteiger partial charge in [-0.15, -0.1) is 0 Å². The van der Waals surface area contributed by atoms with Gasteiger partial charge in [-0.05, 0) is 30.9 Å². The van der Waals surface area contributed by atoms with E-state index >= 15 is 0 Å². The van der Waals surface area contributed by atoms with Crippen LogP contribution in [0.4, 0.5) is 0 Å². The van der Waals surface area contributed by atoms with Crippen molar-refractivity contribution in [3.05, 3.63) is 35.4 Å². The van der Waals surface area contributed by atoms with Gasteiger partial charge in [-0.1, -0.05) is 36.3 Å². The highest BCUT2D eigenvalue weighted by Gasteiger charge is 2.24. The van der Waals surface area contributed by atoms with Crippen LogP contribution in [0.1, 0.15) is 30.9 Å². The van der Waals surface area contributed by atoms with Crippen LogP contribution in [-0.2, 0) is 6.54 Å². The van der Waals surface area contributed by atoms with Crippen LogP contribution < -0.4 is 5.73 Å². The fourth-order valence-electron chi connectivity index (χ4n) is 2.17. The molecule has 4 nitrogen and oxygen atoms in total. The van der Waals surface area contributed by atoms with Gasteiger partial charge in [-0.2, -0.15) is 0 Å². The fourth-order valence-corrected chi connectivity index (χ4v) is 2.17. The van der Waals surface area contributed by atoms with E-state index in [1.54, 1.807) is 0 Å². The summed E-state index contributed by atoms with van der Waals surface area (Å²) < 4.78 is 0. The lowest BCUT2D eigenvalue weighted by Gasteiger charge is -2.21. The molecule has 18 heavy (non-hydrogen) atoms. The lowest BCUT2D eigenvalue weighted by Crippen LogP contribution is -2.27. The predicted molar refractivity (Wildman–Crippen MR) is 72.6 cm³/mol. The van der Waals surface area contributed by atoms with Gasteiger partial charge in [0.25, 0.3) is 0 Å². The third-order valence-electron chi connectivity index (χ3n) is 3.46. The zero-order chi connectivity index (χ0) is 13.0. The first kappa shape index (κ1) is 12.9. The molecule has 0 radical (unpaired) electrons. The predicted octanol–water partition coefficient (Wildman–Crippen LogP) is 2.01. The number of nitrogens with zero attached hydrogens (tertiary/aromatic N) is 2. The van der Waals surface area contributed by atoms with Crippen LogP contribution in [0.25, 0.3) is 0 Å². The molecule has 0 unspecified atom stereocenters. The maximum atomic E-state index is 8.81. The van der Waals surface area contributed by atoms with E-state index in [9.17, 15) is 0 Å². The third kappa shape index (κ3) is 3.23. The molecule has 4 heteroatoms. The van der Waals surface area contributed by atoms with Crippen LogP contribution in [0, 0.1) is 5.92 Å². The normalized spacial score (nSPS) is 16.2. The van der Waals surface area contributed by atoms with Crippen LogP contribution in [0.3, 0.4) is 0 Å². The van der Waals surface area contributed by atoms with Gasteiger partial charge in [-0.25, -0.2) is 0 Å². The molecule has 1 aliphatic carbocycles. The number of hydrogen-bond donors (Lipinski definition) is 2. The van der Waals surface area contributed by atoms with E-state index < -0.39 is 0 Å². The van der Waals surface area contributed by atoms with E-state index in [2.05, 4.69) is 17.0 Å². The molecule has 0 aromatic heterocycles. The SMILES string of the molecule is CCN(Cc1ccccc1C(N)=NO)CC1CC1. The van der Waals surface area contributed by atoms with Crippen molar-refractivity contribution in [3.63, 3.8) is 0 Å². The molecule has 0 bridgehead atoms. The first-order valence-corrected chi connectivity index (χ1v) is 6.52. The third-order valence-corrected chi connectivity index (χ3v) is 3.46. The Kier molecular flexibility index (Phi) is 4.20. The molecule has 3 N–H and O–H groups in total. The van der Waals surface area contributed by atoms with E-state index in [1.807, 2.05) is 24.3 Å². The minimum atomic E-state index is 0.188. The molecule has 1 fully saturated rings. The Labute approximate surface area is 108 Å². The summed E-state index contributed by atoms with van der Waals surface area (Å²) >= 11 is 0. The summed E-state index contributed by atoms with van der Waals surface area (Å²) in [4.78, 5) is 2.42. The molecule has 1 saturated carbocycles. The van der Waals surface area contributed by atoms with Crippen LogP contribution in [0.15, 0.2) is 29.4 Å². The summed E-state index contributed by atoms with van der Waals surface area (Å²) in [6.07, 6.45) is 2.72. The van der Waals surface area contributed by atoms with Crippen molar-refractivity contribution in [1.82, 2.24) is 4.90 Å². The van der Waals surface area contributed by atoms with Crippen molar-refractivity contribution in [3.8, 4) is 0 Å². The van der Waals surface area contributed by atoms with Crippen molar-refractivity contribution in [2.45, 2.75) is 26.3 Å². The smallest absolute Gasteiger partial charge is 0.170 e. The minimum absolute atomic E-state index is 0.188. The maximum absolute atomic E-state index is 8.81. The van der Waals surface area contributed by atoms with Crippen LogP contribution in [0.2, 0.25) is 0 Å². The molecule has 0 spiro atoms. The Bertz CT molecular complexity index is 427. The molecule has 0 heterocycles. The second-order valence-electron chi connectivity index (χ2n) is 4.91. The highest BCUT2D eigenvalue weighted by molar-refractivity contribution is 5.98. The summed E-state index contributed by atoms with van der Waals surface area (Å²) in [6, 6.07) is 7.85. The Morgan fingerprint density at radius 2 is 2.17 bits per heavy atom. The van der Waals surface area contributed by atoms with Crippen molar-refractivity contribution >= 4 is 5.84 Å². The van der Waals surface area contributed by atoms with Gasteiger partial charge < -0.3 is 10.9 Å². The van der Waals surface area contributed by atoms with E-state index in [0.717, 1.165) is 36.7 Å². The number of hydrogen-bond acceptors (Lipinski definition) is 3. The van der Waals surface area contributed by atoms with E-state index in [-0.39, 0.29) is 5.84 Å². The highest BCUT2D eigenvalue weighted by Crippen LogP contribution is 2.30. The van der Waals surface area contributed by atoms with Crippen LogP contribution in [-0.4, -0.2) is 29.0 Å². The molecule has 1 aromatic rings. The zero-order valence-corrected chi connectivity index (χ0v) is 10.8. The number of rotatable bonds is 6. The van der Waals surface area contributed by atoms with E-state index in [4.69, 9.17) is 10.9 Å². The largest absolute Gasteiger partial charge is 0.409 e. The highest BCUT2D eigenvalue weighted by atomic mass is 16.4. The van der Waals surface area contributed by atoms with E-state index in [0.29, 0.717) is 0 Å². The molecule has 1 aliphatic rings. The minimum Gasteiger partial charge on any atom is -0.409 e. The maximum Gasteiger partial charge on any atom is 0.170 e. The van der Waals surface area contributed by atoms with Crippen molar-refractivity contribution < 1.29 is 5.21 Å². The van der Waals surface area contributed by atoms with Gasteiger partial charge in [0.2, 0.25) is 0 Å². The first-order chi connectivity index (χ1) is 8.74. The van der Waals surface area contributed by atoms with Crippen molar-refractivity contribution in [1.29, 1.82) is 0 Å². The second kappa shape index (κ2) is 5.87. The molecular weight excluding hydrogens is 226 g/mol. The Morgan fingerprint density at radius 3 is 2.78 bits per heavy atom. The topological polar surface area (TPSA) is 61.8 Å².